The summed E-state index contributed by atoms with van der Waals surface area (Å²) in [4.78, 5) is 4.85. The molecule has 0 aromatic heterocycles. The Morgan fingerprint density at radius 1 is 1.00 bits per heavy atom. The van der Waals surface area contributed by atoms with Gasteiger partial charge in [0.25, 0.3) is 0 Å². The summed E-state index contributed by atoms with van der Waals surface area (Å²) in [5.74, 6) is 1.13. The molecule has 2 aromatic rings. The van der Waals surface area contributed by atoms with Crippen molar-refractivity contribution in [1.82, 2.24) is 4.90 Å². The molecule has 1 saturated heterocycles. The predicted molar refractivity (Wildman–Crippen MR) is 98.1 cm³/mol. The normalized spacial score (nSPS) is 15.5. The van der Waals surface area contributed by atoms with E-state index in [0.717, 1.165) is 44.0 Å². The van der Waals surface area contributed by atoms with Crippen molar-refractivity contribution in [2.45, 2.75) is 20.4 Å². The van der Waals surface area contributed by atoms with Gasteiger partial charge in [-0.1, -0.05) is 12.1 Å². The Balaban J connectivity index is 1.64. The highest BCUT2D eigenvalue weighted by molar-refractivity contribution is 5.55. The van der Waals surface area contributed by atoms with Gasteiger partial charge in [0.1, 0.15) is 11.5 Å². The van der Waals surface area contributed by atoms with Crippen LogP contribution in [0.3, 0.4) is 0 Å². The number of benzene rings is 2. The summed E-state index contributed by atoms with van der Waals surface area (Å²) >= 11 is 0. The van der Waals surface area contributed by atoms with Crippen LogP contribution >= 0.6 is 0 Å². The van der Waals surface area contributed by atoms with E-state index in [9.17, 15) is 5.11 Å². The lowest BCUT2D eigenvalue weighted by Gasteiger charge is -2.37. The summed E-state index contributed by atoms with van der Waals surface area (Å²) in [5, 5.41) is 10.1. The first kappa shape index (κ1) is 16.7. The van der Waals surface area contributed by atoms with Gasteiger partial charge in [0, 0.05) is 44.0 Å². The lowest BCUT2D eigenvalue weighted by atomic mass is 10.1. The van der Waals surface area contributed by atoms with Crippen molar-refractivity contribution in [2.24, 2.45) is 0 Å². The SMILES string of the molecule is COc1ccc(O)c(CN2CCN(c3cc(C)ccc3C)CC2)c1. The van der Waals surface area contributed by atoms with Crippen LogP contribution in [0.15, 0.2) is 36.4 Å². The molecule has 1 fully saturated rings. The zero-order valence-electron chi connectivity index (χ0n) is 14.7. The fourth-order valence-corrected chi connectivity index (χ4v) is 3.26. The van der Waals surface area contributed by atoms with Crippen LogP contribution in [0, 0.1) is 13.8 Å². The number of aryl methyl sites for hydroxylation is 2. The number of phenols is 1. The van der Waals surface area contributed by atoms with E-state index in [1.807, 2.05) is 6.07 Å². The molecule has 2 aromatic carbocycles. The third-order valence-corrected chi connectivity index (χ3v) is 4.76. The molecule has 0 aliphatic carbocycles. The second-order valence-corrected chi connectivity index (χ2v) is 6.55. The van der Waals surface area contributed by atoms with Gasteiger partial charge in [-0.2, -0.15) is 0 Å². The quantitative estimate of drug-likeness (QED) is 0.935. The number of rotatable bonds is 4. The number of phenolic OH excluding ortho intramolecular Hbond substituents is 1. The van der Waals surface area contributed by atoms with Crippen LogP contribution in [0.4, 0.5) is 5.69 Å². The predicted octanol–water partition coefficient (Wildman–Crippen LogP) is 3.34. The minimum atomic E-state index is 0.341. The molecule has 3 rings (SSSR count). The lowest BCUT2D eigenvalue weighted by Crippen LogP contribution is -2.46. The van der Waals surface area contributed by atoms with Crippen molar-refractivity contribution in [2.75, 3.05) is 38.2 Å². The number of methoxy groups -OCH3 is 1. The van der Waals surface area contributed by atoms with Gasteiger partial charge < -0.3 is 14.7 Å². The molecule has 24 heavy (non-hydrogen) atoms. The molecule has 4 heteroatoms. The van der Waals surface area contributed by atoms with E-state index in [2.05, 4.69) is 41.8 Å². The molecule has 1 aliphatic heterocycles. The monoisotopic (exact) mass is 326 g/mol. The van der Waals surface area contributed by atoms with Crippen LogP contribution in [0.1, 0.15) is 16.7 Å². The molecule has 0 radical (unpaired) electrons. The van der Waals surface area contributed by atoms with Gasteiger partial charge in [-0.25, -0.2) is 0 Å². The molecule has 0 spiro atoms. The van der Waals surface area contributed by atoms with Crippen molar-refractivity contribution >= 4 is 5.69 Å². The molecule has 0 bridgehead atoms. The maximum absolute atomic E-state index is 10.1. The Bertz CT molecular complexity index is 707. The number of nitrogens with zero attached hydrogens (tertiary/aromatic N) is 2. The highest BCUT2D eigenvalue weighted by Crippen LogP contribution is 2.26. The molecule has 128 valence electrons. The van der Waals surface area contributed by atoms with Crippen molar-refractivity contribution in [3.05, 3.63) is 53.1 Å². The van der Waals surface area contributed by atoms with Crippen molar-refractivity contribution < 1.29 is 9.84 Å². The highest BCUT2D eigenvalue weighted by Gasteiger charge is 2.19. The Morgan fingerprint density at radius 2 is 1.75 bits per heavy atom. The summed E-state index contributed by atoms with van der Waals surface area (Å²) in [5.41, 5.74) is 4.91. The average Bonchev–Trinajstić information content (AvgIpc) is 2.60. The first-order valence-electron chi connectivity index (χ1n) is 8.47. The van der Waals surface area contributed by atoms with E-state index < -0.39 is 0 Å². The van der Waals surface area contributed by atoms with Crippen LogP contribution in [-0.4, -0.2) is 43.3 Å². The van der Waals surface area contributed by atoms with Gasteiger partial charge in [0.2, 0.25) is 0 Å². The molecule has 0 saturated carbocycles. The van der Waals surface area contributed by atoms with E-state index >= 15 is 0 Å². The van der Waals surface area contributed by atoms with Crippen LogP contribution in [0.5, 0.6) is 11.5 Å². The van der Waals surface area contributed by atoms with Gasteiger partial charge in [0.05, 0.1) is 7.11 Å². The van der Waals surface area contributed by atoms with Crippen LogP contribution in [0.25, 0.3) is 0 Å². The number of ether oxygens (including phenoxy) is 1. The summed E-state index contributed by atoms with van der Waals surface area (Å²) in [7, 11) is 1.65. The Hall–Kier alpha value is -2.20. The fourth-order valence-electron chi connectivity index (χ4n) is 3.26. The van der Waals surface area contributed by atoms with E-state index in [-0.39, 0.29) is 0 Å². The summed E-state index contributed by atoms with van der Waals surface area (Å²) < 4.78 is 5.26. The van der Waals surface area contributed by atoms with Crippen LogP contribution in [-0.2, 0) is 6.54 Å². The minimum absolute atomic E-state index is 0.341. The topological polar surface area (TPSA) is 35.9 Å². The first-order chi connectivity index (χ1) is 11.6. The second kappa shape index (κ2) is 7.14. The van der Waals surface area contributed by atoms with E-state index in [4.69, 9.17) is 4.74 Å². The Kier molecular flexibility index (Phi) is 4.95. The standard InChI is InChI=1S/C20H26N2O2/c1-15-4-5-16(2)19(12-15)22-10-8-21(9-11-22)14-17-13-18(24-3)6-7-20(17)23/h4-7,12-13,23H,8-11,14H2,1-3H3. The largest absolute Gasteiger partial charge is 0.508 e. The Labute approximate surface area is 144 Å². The molecular weight excluding hydrogens is 300 g/mol. The summed E-state index contributed by atoms with van der Waals surface area (Å²) in [6.07, 6.45) is 0. The lowest BCUT2D eigenvalue weighted by molar-refractivity contribution is 0.246. The summed E-state index contributed by atoms with van der Waals surface area (Å²) in [6, 6.07) is 12.1. The number of aromatic hydroxyl groups is 1. The van der Waals surface area contributed by atoms with E-state index in [1.54, 1.807) is 19.2 Å². The van der Waals surface area contributed by atoms with E-state index in [1.165, 1.54) is 16.8 Å². The smallest absolute Gasteiger partial charge is 0.120 e. The molecule has 0 amide bonds. The van der Waals surface area contributed by atoms with Crippen molar-refractivity contribution in [3.8, 4) is 11.5 Å². The number of piperazine rings is 1. The third kappa shape index (κ3) is 3.65. The third-order valence-electron chi connectivity index (χ3n) is 4.76. The van der Waals surface area contributed by atoms with Gasteiger partial charge in [-0.3, -0.25) is 4.90 Å². The molecule has 4 nitrogen and oxygen atoms in total. The van der Waals surface area contributed by atoms with Gasteiger partial charge >= 0.3 is 0 Å². The van der Waals surface area contributed by atoms with Crippen LogP contribution < -0.4 is 9.64 Å². The average molecular weight is 326 g/mol. The molecule has 1 aliphatic rings. The molecular formula is C20H26N2O2. The number of hydrogen-bond acceptors (Lipinski definition) is 4. The number of anilines is 1. The fraction of sp³-hybridized carbons (Fsp3) is 0.400. The van der Waals surface area contributed by atoms with Gasteiger partial charge in [-0.15, -0.1) is 0 Å². The minimum Gasteiger partial charge on any atom is -0.508 e. The number of hydrogen-bond donors (Lipinski definition) is 1. The maximum Gasteiger partial charge on any atom is 0.120 e. The second-order valence-electron chi connectivity index (χ2n) is 6.55. The van der Waals surface area contributed by atoms with Crippen molar-refractivity contribution in [1.29, 1.82) is 0 Å². The zero-order valence-corrected chi connectivity index (χ0v) is 14.7. The van der Waals surface area contributed by atoms with Gasteiger partial charge in [-0.05, 0) is 49.2 Å². The van der Waals surface area contributed by atoms with E-state index in [0.29, 0.717) is 5.75 Å². The molecule has 0 unspecified atom stereocenters. The molecule has 1 N–H and O–H groups in total. The Morgan fingerprint density at radius 3 is 2.46 bits per heavy atom. The molecule has 1 heterocycles. The highest BCUT2D eigenvalue weighted by atomic mass is 16.5. The van der Waals surface area contributed by atoms with Crippen LogP contribution in [0.2, 0.25) is 0 Å². The zero-order chi connectivity index (χ0) is 17.1. The van der Waals surface area contributed by atoms with Crippen molar-refractivity contribution in [3.63, 3.8) is 0 Å². The molecule has 0 atom stereocenters. The first-order valence-corrected chi connectivity index (χ1v) is 8.47. The summed E-state index contributed by atoms with van der Waals surface area (Å²) in [6.45, 7) is 9.07. The van der Waals surface area contributed by atoms with Gasteiger partial charge in [0.15, 0.2) is 0 Å². The maximum atomic E-state index is 10.1.